The molecule has 22 heavy (non-hydrogen) atoms. The number of thiophene rings is 1. The van der Waals surface area contributed by atoms with Gasteiger partial charge in [-0.1, -0.05) is 18.2 Å². The summed E-state index contributed by atoms with van der Waals surface area (Å²) < 4.78 is 0. The molecule has 116 valence electrons. The number of benzene rings is 1. The van der Waals surface area contributed by atoms with Gasteiger partial charge in [-0.3, -0.25) is 4.79 Å². The van der Waals surface area contributed by atoms with E-state index >= 15 is 0 Å². The molecule has 3 nitrogen and oxygen atoms in total. The Balaban J connectivity index is 1.65. The van der Waals surface area contributed by atoms with E-state index in [-0.39, 0.29) is 5.91 Å². The van der Waals surface area contributed by atoms with Gasteiger partial charge in [-0.25, -0.2) is 0 Å². The van der Waals surface area contributed by atoms with Gasteiger partial charge in [0.15, 0.2) is 0 Å². The number of piperidine rings is 1. The maximum absolute atomic E-state index is 12.6. The minimum absolute atomic E-state index is 0.186. The van der Waals surface area contributed by atoms with Crippen molar-refractivity contribution in [2.24, 2.45) is 0 Å². The number of aryl methyl sites for hydroxylation is 1. The van der Waals surface area contributed by atoms with Crippen LogP contribution in [0.15, 0.2) is 41.8 Å². The van der Waals surface area contributed by atoms with Crippen LogP contribution in [0.3, 0.4) is 0 Å². The van der Waals surface area contributed by atoms with E-state index < -0.39 is 0 Å². The summed E-state index contributed by atoms with van der Waals surface area (Å²) in [6.07, 6.45) is 5.33. The zero-order valence-electron chi connectivity index (χ0n) is 12.6. The van der Waals surface area contributed by atoms with Crippen molar-refractivity contribution in [2.45, 2.75) is 38.1 Å². The van der Waals surface area contributed by atoms with E-state index in [1.165, 1.54) is 23.3 Å². The molecule has 0 spiro atoms. The number of hydrogen-bond acceptors (Lipinski definition) is 3. The molecule has 2 aromatic rings. The first-order chi connectivity index (χ1) is 10.7. The lowest BCUT2D eigenvalue weighted by Gasteiger charge is -2.35. The smallest absolute Gasteiger partial charge is 0.264 e. The standard InChI is InChI=1S/C18H21NO2S/c20-16-10-7-14(8-11-16)6-9-15-4-1-2-12-19(15)18(21)17-5-3-13-22-17/h3,5,7-8,10-11,13,15,20H,1-2,4,6,9,12H2/t15-/m1/s1. The third-order valence-electron chi connectivity index (χ3n) is 4.32. The van der Waals surface area contributed by atoms with E-state index in [0.29, 0.717) is 11.8 Å². The van der Waals surface area contributed by atoms with E-state index in [1.807, 2.05) is 29.6 Å². The Morgan fingerprint density at radius 2 is 2.05 bits per heavy atom. The van der Waals surface area contributed by atoms with Crippen LogP contribution in [0.25, 0.3) is 0 Å². The van der Waals surface area contributed by atoms with Crippen molar-refractivity contribution in [3.05, 3.63) is 52.2 Å². The first-order valence-corrected chi connectivity index (χ1v) is 8.74. The lowest BCUT2D eigenvalue weighted by molar-refractivity contribution is 0.0607. The molecule has 1 aliphatic heterocycles. The summed E-state index contributed by atoms with van der Waals surface area (Å²) in [5, 5.41) is 11.3. The van der Waals surface area contributed by atoms with Crippen LogP contribution in [-0.4, -0.2) is 28.5 Å². The third kappa shape index (κ3) is 3.50. The first kappa shape index (κ1) is 15.1. The molecule has 0 aliphatic carbocycles. The van der Waals surface area contributed by atoms with Gasteiger partial charge in [0.1, 0.15) is 5.75 Å². The number of hydrogen-bond donors (Lipinski definition) is 1. The third-order valence-corrected chi connectivity index (χ3v) is 5.18. The van der Waals surface area contributed by atoms with Gasteiger partial charge in [-0.2, -0.15) is 0 Å². The van der Waals surface area contributed by atoms with Gasteiger partial charge in [0.05, 0.1) is 4.88 Å². The van der Waals surface area contributed by atoms with Crippen molar-refractivity contribution in [1.82, 2.24) is 4.90 Å². The molecular formula is C18H21NO2S. The van der Waals surface area contributed by atoms with Crippen molar-refractivity contribution in [3.63, 3.8) is 0 Å². The molecule has 0 unspecified atom stereocenters. The maximum Gasteiger partial charge on any atom is 0.264 e. The molecule has 0 bridgehead atoms. The van der Waals surface area contributed by atoms with Crippen molar-refractivity contribution < 1.29 is 9.90 Å². The predicted molar refractivity (Wildman–Crippen MR) is 89.4 cm³/mol. The Hall–Kier alpha value is -1.81. The van der Waals surface area contributed by atoms with E-state index in [9.17, 15) is 9.90 Å². The number of amides is 1. The van der Waals surface area contributed by atoms with Crippen molar-refractivity contribution in [1.29, 1.82) is 0 Å². The average molecular weight is 315 g/mol. The van der Waals surface area contributed by atoms with Crippen molar-refractivity contribution in [3.8, 4) is 5.75 Å². The molecule has 1 aliphatic rings. The summed E-state index contributed by atoms with van der Waals surface area (Å²) >= 11 is 1.52. The Bertz CT molecular complexity index is 607. The zero-order valence-corrected chi connectivity index (χ0v) is 13.4. The van der Waals surface area contributed by atoms with Gasteiger partial charge in [-0.05, 0) is 61.2 Å². The number of carbonyl (C=O) groups excluding carboxylic acids is 1. The summed E-state index contributed by atoms with van der Waals surface area (Å²) in [5.74, 6) is 0.487. The molecule has 1 saturated heterocycles. The number of phenolic OH excluding ortho intramolecular Hbond substituents is 1. The number of carbonyl (C=O) groups is 1. The number of aromatic hydroxyl groups is 1. The predicted octanol–water partition coefficient (Wildman–Crippen LogP) is 4.08. The molecule has 3 rings (SSSR count). The second-order valence-corrected chi connectivity index (χ2v) is 6.78. The molecule has 0 saturated carbocycles. The Kier molecular flexibility index (Phi) is 4.78. The molecule has 1 N–H and O–H groups in total. The molecular weight excluding hydrogens is 294 g/mol. The molecule has 1 aromatic heterocycles. The van der Waals surface area contributed by atoms with Crippen LogP contribution in [-0.2, 0) is 6.42 Å². The number of likely N-dealkylation sites (tertiary alicyclic amines) is 1. The number of nitrogens with zero attached hydrogens (tertiary/aromatic N) is 1. The van der Waals surface area contributed by atoms with Gasteiger partial charge in [0, 0.05) is 12.6 Å². The largest absolute Gasteiger partial charge is 0.508 e. The normalized spacial score (nSPS) is 18.4. The summed E-state index contributed by atoms with van der Waals surface area (Å²) in [6, 6.07) is 11.6. The highest BCUT2D eigenvalue weighted by Crippen LogP contribution is 2.25. The van der Waals surface area contributed by atoms with E-state index in [1.54, 1.807) is 12.1 Å². The van der Waals surface area contributed by atoms with Crippen LogP contribution in [0, 0.1) is 0 Å². The monoisotopic (exact) mass is 315 g/mol. The molecule has 0 radical (unpaired) electrons. The minimum Gasteiger partial charge on any atom is -0.508 e. The Labute approximate surface area is 135 Å². The quantitative estimate of drug-likeness (QED) is 0.923. The van der Waals surface area contributed by atoms with Crippen LogP contribution in [0.5, 0.6) is 5.75 Å². The van der Waals surface area contributed by atoms with Gasteiger partial charge in [0.2, 0.25) is 0 Å². The summed E-state index contributed by atoms with van der Waals surface area (Å²) in [5.41, 5.74) is 1.21. The molecule has 1 atom stereocenters. The fourth-order valence-electron chi connectivity index (χ4n) is 3.11. The topological polar surface area (TPSA) is 40.5 Å². The number of rotatable bonds is 4. The van der Waals surface area contributed by atoms with Gasteiger partial charge >= 0.3 is 0 Å². The SMILES string of the molecule is O=C(c1cccs1)N1CCCC[C@@H]1CCc1ccc(O)cc1. The summed E-state index contributed by atoms with van der Waals surface area (Å²) in [6.45, 7) is 0.872. The highest BCUT2D eigenvalue weighted by atomic mass is 32.1. The average Bonchev–Trinajstić information content (AvgIpc) is 3.08. The van der Waals surface area contributed by atoms with Crippen LogP contribution in [0.1, 0.15) is 40.9 Å². The van der Waals surface area contributed by atoms with Crippen LogP contribution in [0.2, 0.25) is 0 Å². The zero-order chi connectivity index (χ0) is 15.4. The molecule has 2 heterocycles. The van der Waals surface area contributed by atoms with Crippen molar-refractivity contribution >= 4 is 17.2 Å². The first-order valence-electron chi connectivity index (χ1n) is 7.86. The van der Waals surface area contributed by atoms with Gasteiger partial charge in [-0.15, -0.1) is 11.3 Å². The second-order valence-electron chi connectivity index (χ2n) is 5.83. The molecule has 1 aromatic carbocycles. The van der Waals surface area contributed by atoms with Crippen LogP contribution in [0.4, 0.5) is 0 Å². The molecule has 1 fully saturated rings. The van der Waals surface area contributed by atoms with Crippen molar-refractivity contribution in [2.75, 3.05) is 6.54 Å². The van der Waals surface area contributed by atoms with Crippen LogP contribution >= 0.6 is 11.3 Å². The lowest BCUT2D eigenvalue weighted by Crippen LogP contribution is -2.43. The second kappa shape index (κ2) is 6.97. The molecule has 4 heteroatoms. The van der Waals surface area contributed by atoms with E-state index in [0.717, 1.165) is 37.1 Å². The van der Waals surface area contributed by atoms with E-state index in [4.69, 9.17) is 0 Å². The Morgan fingerprint density at radius 3 is 2.77 bits per heavy atom. The summed E-state index contributed by atoms with van der Waals surface area (Å²) in [4.78, 5) is 15.5. The van der Waals surface area contributed by atoms with Crippen LogP contribution < -0.4 is 0 Å². The van der Waals surface area contributed by atoms with Gasteiger partial charge < -0.3 is 10.0 Å². The highest BCUT2D eigenvalue weighted by Gasteiger charge is 2.27. The van der Waals surface area contributed by atoms with Gasteiger partial charge in [0.25, 0.3) is 5.91 Å². The summed E-state index contributed by atoms with van der Waals surface area (Å²) in [7, 11) is 0. The fraction of sp³-hybridized carbons (Fsp3) is 0.389. The Morgan fingerprint density at radius 1 is 1.23 bits per heavy atom. The lowest BCUT2D eigenvalue weighted by atomic mass is 9.95. The maximum atomic E-state index is 12.6. The fourth-order valence-corrected chi connectivity index (χ4v) is 3.78. The highest BCUT2D eigenvalue weighted by molar-refractivity contribution is 7.12. The van der Waals surface area contributed by atoms with E-state index in [2.05, 4.69) is 4.90 Å². The number of phenols is 1. The molecule has 1 amide bonds. The minimum atomic E-state index is 0.186.